The Morgan fingerprint density at radius 1 is 1.33 bits per heavy atom. The lowest BCUT2D eigenvalue weighted by Gasteiger charge is -2.12. The molecule has 0 saturated carbocycles. The lowest BCUT2D eigenvalue weighted by atomic mass is 10.2. The summed E-state index contributed by atoms with van der Waals surface area (Å²) in [5, 5.41) is 0. The molecule has 15 heavy (non-hydrogen) atoms. The summed E-state index contributed by atoms with van der Waals surface area (Å²) in [6.45, 7) is 7.47. The van der Waals surface area contributed by atoms with Gasteiger partial charge < -0.3 is 4.74 Å². The lowest BCUT2D eigenvalue weighted by Crippen LogP contribution is -2.14. The second kappa shape index (κ2) is 8.10. The molecule has 0 saturated heterocycles. The summed E-state index contributed by atoms with van der Waals surface area (Å²) in [6, 6.07) is 1.32. The van der Waals surface area contributed by atoms with Crippen molar-refractivity contribution < 1.29 is 9.53 Å². The van der Waals surface area contributed by atoms with Gasteiger partial charge in [0.1, 0.15) is 6.69 Å². The second-order valence-corrected chi connectivity index (χ2v) is 14.6. The first-order valence-corrected chi connectivity index (χ1v) is 10.9. The average Bonchev–Trinajstić information content (AvgIpc) is 2.14. The Morgan fingerprint density at radius 2 is 1.93 bits per heavy atom. The molecular formula is C11H21BrO2Si. The summed E-state index contributed by atoms with van der Waals surface area (Å²) < 4.78 is 4.88. The Labute approximate surface area is 102 Å². The Bertz CT molecular complexity index is 199. The quantitative estimate of drug-likeness (QED) is 0.223. The van der Waals surface area contributed by atoms with Gasteiger partial charge in [0.25, 0.3) is 0 Å². The molecule has 0 aromatic heterocycles. The zero-order chi connectivity index (χ0) is 11.7. The van der Waals surface area contributed by atoms with Crippen LogP contribution in [0.4, 0.5) is 0 Å². The number of halogens is 1. The summed E-state index contributed by atoms with van der Waals surface area (Å²) >= 11 is 3.75. The van der Waals surface area contributed by atoms with Crippen molar-refractivity contribution in [2.45, 2.75) is 44.8 Å². The number of carbonyl (C=O) groups excluding carboxylic acids is 1. The number of ether oxygens (including phenoxy) is 1. The lowest BCUT2D eigenvalue weighted by molar-refractivity contribution is -0.137. The van der Waals surface area contributed by atoms with E-state index in [-0.39, 0.29) is 5.97 Å². The van der Waals surface area contributed by atoms with E-state index in [9.17, 15) is 4.79 Å². The monoisotopic (exact) mass is 292 g/mol. The molecule has 0 aliphatic heterocycles. The molecule has 0 aliphatic rings. The highest BCUT2D eigenvalue weighted by molar-refractivity contribution is 9.26. The number of carbonyl (C=O) groups is 1. The van der Waals surface area contributed by atoms with Crippen molar-refractivity contribution >= 4 is 28.0 Å². The minimum atomic E-state index is -1.04. The standard InChI is InChI=1S/C11H21BrO2Si/c1-4-11(13)14-9-7-5-6-8-10-15(2,3)12/h4H,1,5-10H2,2-3H3. The maximum Gasteiger partial charge on any atom is 0.330 e. The summed E-state index contributed by atoms with van der Waals surface area (Å²) in [4.78, 5) is 10.7. The molecule has 0 aromatic rings. The van der Waals surface area contributed by atoms with Crippen LogP contribution in [0.3, 0.4) is 0 Å². The fraction of sp³-hybridized carbons (Fsp3) is 0.727. The van der Waals surface area contributed by atoms with Crippen LogP contribution in [0.15, 0.2) is 12.7 Å². The molecule has 0 heterocycles. The Hall–Kier alpha value is -0.0931. The zero-order valence-electron chi connectivity index (χ0n) is 9.72. The first-order valence-electron chi connectivity index (χ1n) is 5.44. The summed E-state index contributed by atoms with van der Waals surface area (Å²) in [6.07, 6.45) is 5.82. The van der Waals surface area contributed by atoms with Gasteiger partial charge in [-0.25, -0.2) is 4.79 Å². The summed E-state index contributed by atoms with van der Waals surface area (Å²) in [5.74, 6) is -0.316. The summed E-state index contributed by atoms with van der Waals surface area (Å²) in [5.41, 5.74) is 0. The van der Waals surface area contributed by atoms with Crippen molar-refractivity contribution in [1.29, 1.82) is 0 Å². The smallest absolute Gasteiger partial charge is 0.330 e. The number of esters is 1. The van der Waals surface area contributed by atoms with E-state index in [0.29, 0.717) is 6.61 Å². The Morgan fingerprint density at radius 3 is 2.47 bits per heavy atom. The van der Waals surface area contributed by atoms with Gasteiger partial charge in [0, 0.05) is 6.08 Å². The van der Waals surface area contributed by atoms with Crippen LogP contribution in [0.5, 0.6) is 0 Å². The maximum atomic E-state index is 10.7. The van der Waals surface area contributed by atoms with Crippen LogP contribution in [0.1, 0.15) is 25.7 Å². The highest BCUT2D eigenvalue weighted by Crippen LogP contribution is 2.20. The fourth-order valence-electron chi connectivity index (χ4n) is 1.23. The number of rotatable bonds is 8. The van der Waals surface area contributed by atoms with E-state index in [1.165, 1.54) is 25.0 Å². The molecule has 0 amide bonds. The van der Waals surface area contributed by atoms with Gasteiger partial charge in [-0.1, -0.05) is 38.9 Å². The van der Waals surface area contributed by atoms with Gasteiger partial charge in [0.2, 0.25) is 0 Å². The topological polar surface area (TPSA) is 26.3 Å². The molecule has 4 heteroatoms. The molecule has 0 fully saturated rings. The van der Waals surface area contributed by atoms with E-state index >= 15 is 0 Å². The molecule has 0 bridgehead atoms. The van der Waals surface area contributed by atoms with Crippen molar-refractivity contribution in [3.05, 3.63) is 12.7 Å². The minimum absolute atomic E-state index is 0.316. The first-order chi connectivity index (χ1) is 6.95. The second-order valence-electron chi connectivity index (χ2n) is 4.25. The van der Waals surface area contributed by atoms with E-state index in [1.807, 2.05) is 0 Å². The van der Waals surface area contributed by atoms with Gasteiger partial charge in [0.05, 0.1) is 6.61 Å². The van der Waals surface area contributed by atoms with Crippen LogP contribution < -0.4 is 0 Å². The van der Waals surface area contributed by atoms with Crippen molar-refractivity contribution in [2.75, 3.05) is 6.61 Å². The highest BCUT2D eigenvalue weighted by atomic mass is 79.9. The first kappa shape index (κ1) is 14.9. The molecular weight excluding hydrogens is 272 g/mol. The van der Waals surface area contributed by atoms with E-state index < -0.39 is 6.69 Å². The van der Waals surface area contributed by atoms with Gasteiger partial charge >= 0.3 is 5.97 Å². The van der Waals surface area contributed by atoms with Crippen LogP contribution in [0.25, 0.3) is 0 Å². The third-order valence-corrected chi connectivity index (χ3v) is 4.81. The molecule has 2 nitrogen and oxygen atoms in total. The van der Waals surface area contributed by atoms with Crippen LogP contribution in [-0.2, 0) is 9.53 Å². The molecule has 0 spiro atoms. The molecule has 0 rings (SSSR count). The Balaban J connectivity index is 3.19. The largest absolute Gasteiger partial charge is 0.463 e. The average molecular weight is 293 g/mol. The predicted molar refractivity (Wildman–Crippen MR) is 70.8 cm³/mol. The highest BCUT2D eigenvalue weighted by Gasteiger charge is 2.14. The minimum Gasteiger partial charge on any atom is -0.463 e. The van der Waals surface area contributed by atoms with Crippen LogP contribution >= 0.6 is 15.3 Å². The third-order valence-electron chi connectivity index (χ3n) is 2.08. The van der Waals surface area contributed by atoms with E-state index in [2.05, 4.69) is 35.0 Å². The molecule has 0 radical (unpaired) electrons. The van der Waals surface area contributed by atoms with Gasteiger partial charge in [-0.05, 0) is 12.5 Å². The molecule has 0 atom stereocenters. The van der Waals surface area contributed by atoms with Crippen LogP contribution in [0, 0.1) is 0 Å². The van der Waals surface area contributed by atoms with Gasteiger partial charge in [-0.2, -0.15) is 0 Å². The third kappa shape index (κ3) is 11.8. The molecule has 88 valence electrons. The van der Waals surface area contributed by atoms with Gasteiger partial charge in [0.15, 0.2) is 0 Å². The van der Waals surface area contributed by atoms with Crippen molar-refractivity contribution in [3.8, 4) is 0 Å². The zero-order valence-corrected chi connectivity index (χ0v) is 12.3. The normalized spacial score (nSPS) is 11.1. The van der Waals surface area contributed by atoms with Crippen LogP contribution in [0.2, 0.25) is 19.1 Å². The molecule has 0 unspecified atom stereocenters. The van der Waals surface area contributed by atoms with Crippen molar-refractivity contribution in [2.24, 2.45) is 0 Å². The van der Waals surface area contributed by atoms with Crippen molar-refractivity contribution in [3.63, 3.8) is 0 Å². The summed E-state index contributed by atoms with van der Waals surface area (Å²) in [7, 11) is 0. The molecule has 0 N–H and O–H groups in total. The fourth-order valence-corrected chi connectivity index (χ4v) is 3.16. The number of hydrogen-bond donors (Lipinski definition) is 0. The number of unbranched alkanes of at least 4 members (excludes halogenated alkanes) is 3. The SMILES string of the molecule is C=CC(=O)OCCCCCC[Si](C)(C)Br. The van der Waals surface area contributed by atoms with Gasteiger partial charge in [-0.15, -0.1) is 15.3 Å². The maximum absolute atomic E-state index is 10.7. The van der Waals surface area contributed by atoms with E-state index in [0.717, 1.165) is 12.8 Å². The number of hydrogen-bond acceptors (Lipinski definition) is 2. The predicted octanol–water partition coefficient (Wildman–Crippen LogP) is 3.88. The van der Waals surface area contributed by atoms with Crippen LogP contribution in [-0.4, -0.2) is 19.3 Å². The van der Waals surface area contributed by atoms with Gasteiger partial charge in [-0.3, -0.25) is 0 Å². The molecule has 0 aromatic carbocycles. The molecule has 0 aliphatic carbocycles. The van der Waals surface area contributed by atoms with Crippen molar-refractivity contribution in [1.82, 2.24) is 0 Å². The van der Waals surface area contributed by atoms with E-state index in [1.54, 1.807) is 0 Å². The van der Waals surface area contributed by atoms with E-state index in [4.69, 9.17) is 4.74 Å². The Kier molecular flexibility index (Phi) is 8.05.